The van der Waals surface area contributed by atoms with Crippen molar-refractivity contribution in [3.63, 3.8) is 0 Å². The van der Waals surface area contributed by atoms with Crippen molar-refractivity contribution in [3.05, 3.63) is 53.4 Å². The van der Waals surface area contributed by atoms with E-state index >= 15 is 0 Å². The first-order chi connectivity index (χ1) is 15.2. The van der Waals surface area contributed by atoms with E-state index in [2.05, 4.69) is 20.9 Å². The number of nitrogens with zero attached hydrogens (tertiary/aromatic N) is 3. The quantitative estimate of drug-likeness (QED) is 0.584. The van der Waals surface area contributed by atoms with Gasteiger partial charge >= 0.3 is 12.4 Å². The molecule has 178 valence electrons. The standard InChI is InChI=1S/C19H17F6N5O3/c1-8-10(14-27-28-16(33-14)17(2,32)19(23,24)25)15(31)30-13(26-8)11(9-6-4-3-5-7-9)12(29-30)18(20,21)22/h3-7,11-13,26,29,32H,1-2H3. The molecule has 3 N–H and O–H groups in total. The Morgan fingerprint density at radius 3 is 2.30 bits per heavy atom. The van der Waals surface area contributed by atoms with E-state index in [-0.39, 0.29) is 5.70 Å². The third kappa shape index (κ3) is 3.72. The number of alkyl halides is 6. The van der Waals surface area contributed by atoms with Crippen LogP contribution in [0.3, 0.4) is 0 Å². The van der Waals surface area contributed by atoms with Gasteiger partial charge in [-0.2, -0.15) is 26.3 Å². The van der Waals surface area contributed by atoms with E-state index in [1.165, 1.54) is 19.1 Å². The molecule has 3 heterocycles. The lowest BCUT2D eigenvalue weighted by molar-refractivity contribution is -0.266. The first-order valence-corrected chi connectivity index (χ1v) is 9.55. The fourth-order valence-electron chi connectivity index (χ4n) is 3.79. The Labute approximate surface area is 182 Å². The maximum atomic E-state index is 13.8. The van der Waals surface area contributed by atoms with Crippen molar-refractivity contribution in [2.75, 3.05) is 0 Å². The van der Waals surface area contributed by atoms with Crippen LogP contribution >= 0.6 is 0 Å². The Morgan fingerprint density at radius 2 is 1.73 bits per heavy atom. The number of halogens is 6. The van der Waals surface area contributed by atoms with Gasteiger partial charge in [-0.1, -0.05) is 30.3 Å². The molecular weight excluding hydrogens is 460 g/mol. The van der Waals surface area contributed by atoms with Crippen LogP contribution in [0.25, 0.3) is 5.57 Å². The molecule has 4 unspecified atom stereocenters. The Hall–Kier alpha value is -3.13. The third-order valence-electron chi connectivity index (χ3n) is 5.57. The summed E-state index contributed by atoms with van der Waals surface area (Å²) < 4.78 is 85.5. The van der Waals surface area contributed by atoms with Crippen LogP contribution in [0.15, 0.2) is 40.4 Å². The molecule has 2 aliphatic rings. The summed E-state index contributed by atoms with van der Waals surface area (Å²) in [5, 5.41) is 19.8. The second kappa shape index (κ2) is 7.45. The number of benzene rings is 1. The number of aromatic nitrogens is 2. The summed E-state index contributed by atoms with van der Waals surface area (Å²) in [5.41, 5.74) is -1.42. The highest BCUT2D eigenvalue weighted by atomic mass is 19.4. The van der Waals surface area contributed by atoms with Crippen molar-refractivity contribution >= 4 is 11.5 Å². The Bertz CT molecular complexity index is 1100. The summed E-state index contributed by atoms with van der Waals surface area (Å²) in [4.78, 5) is 13.1. The molecule has 14 heteroatoms. The molecule has 4 rings (SSSR count). The van der Waals surface area contributed by atoms with E-state index in [1.807, 2.05) is 0 Å². The number of carbonyl (C=O) groups excluding carboxylic acids is 1. The minimum absolute atomic E-state index is 0.0219. The van der Waals surface area contributed by atoms with Gasteiger partial charge in [-0.25, -0.2) is 10.4 Å². The van der Waals surface area contributed by atoms with Gasteiger partial charge in [0, 0.05) is 5.70 Å². The fourth-order valence-corrected chi connectivity index (χ4v) is 3.79. The number of aliphatic hydroxyl groups is 1. The predicted octanol–water partition coefficient (Wildman–Crippen LogP) is 2.56. The lowest BCUT2D eigenvalue weighted by atomic mass is 9.89. The van der Waals surface area contributed by atoms with Gasteiger partial charge in [0.2, 0.25) is 5.60 Å². The molecule has 2 aromatic rings. The zero-order valence-electron chi connectivity index (χ0n) is 17.0. The summed E-state index contributed by atoms with van der Waals surface area (Å²) >= 11 is 0. The number of fused-ring (bicyclic) bond motifs is 1. The molecule has 1 aromatic heterocycles. The average Bonchev–Trinajstić information content (AvgIpc) is 3.33. The number of nitrogens with one attached hydrogen (secondary N) is 2. The van der Waals surface area contributed by atoms with Crippen molar-refractivity contribution < 1.29 is 40.7 Å². The summed E-state index contributed by atoms with van der Waals surface area (Å²) in [6, 6.07) is 5.64. The van der Waals surface area contributed by atoms with Crippen molar-refractivity contribution in [1.29, 1.82) is 0 Å². The van der Waals surface area contributed by atoms with Crippen LogP contribution in [0, 0.1) is 0 Å². The zero-order chi connectivity index (χ0) is 24.3. The highest BCUT2D eigenvalue weighted by Crippen LogP contribution is 2.43. The molecule has 1 aromatic carbocycles. The van der Waals surface area contributed by atoms with Gasteiger partial charge < -0.3 is 14.8 Å². The van der Waals surface area contributed by atoms with E-state index in [0.717, 1.165) is 0 Å². The first kappa shape index (κ1) is 23.0. The number of hydrogen-bond donors (Lipinski definition) is 3. The summed E-state index contributed by atoms with van der Waals surface area (Å²) in [6.07, 6.45) is -11.0. The van der Waals surface area contributed by atoms with E-state index in [0.29, 0.717) is 17.5 Å². The van der Waals surface area contributed by atoms with E-state index in [4.69, 9.17) is 4.42 Å². The van der Waals surface area contributed by atoms with Gasteiger partial charge in [-0.15, -0.1) is 10.2 Å². The van der Waals surface area contributed by atoms with Crippen LogP contribution in [-0.2, 0) is 10.4 Å². The number of rotatable bonds is 3. The van der Waals surface area contributed by atoms with Gasteiger partial charge in [0.05, 0.1) is 5.92 Å². The Balaban J connectivity index is 1.73. The van der Waals surface area contributed by atoms with Crippen molar-refractivity contribution in [2.45, 2.75) is 49.9 Å². The van der Waals surface area contributed by atoms with Gasteiger partial charge in [-0.3, -0.25) is 4.79 Å². The smallest absolute Gasteiger partial charge is 0.417 e. The molecule has 0 spiro atoms. The van der Waals surface area contributed by atoms with Gasteiger partial charge in [0.15, 0.2) is 0 Å². The molecule has 1 saturated heterocycles. The van der Waals surface area contributed by atoms with Crippen LogP contribution in [0.4, 0.5) is 26.3 Å². The first-order valence-electron chi connectivity index (χ1n) is 9.55. The molecule has 0 saturated carbocycles. The van der Waals surface area contributed by atoms with Crippen molar-refractivity contribution in [1.82, 2.24) is 25.9 Å². The van der Waals surface area contributed by atoms with Gasteiger partial charge in [-0.05, 0) is 19.4 Å². The zero-order valence-corrected chi connectivity index (χ0v) is 17.0. The second-order valence-corrected chi connectivity index (χ2v) is 7.83. The van der Waals surface area contributed by atoms with Crippen molar-refractivity contribution in [3.8, 4) is 0 Å². The summed E-state index contributed by atoms with van der Waals surface area (Å²) in [5.74, 6) is -4.14. The van der Waals surface area contributed by atoms with E-state index in [1.54, 1.807) is 18.2 Å². The Kier molecular flexibility index (Phi) is 5.20. The average molecular weight is 477 g/mol. The van der Waals surface area contributed by atoms with Crippen LogP contribution in [-0.4, -0.2) is 50.8 Å². The van der Waals surface area contributed by atoms with Crippen LogP contribution in [0.1, 0.15) is 37.1 Å². The molecule has 0 aliphatic carbocycles. The van der Waals surface area contributed by atoms with Gasteiger partial charge in [0.25, 0.3) is 17.7 Å². The van der Waals surface area contributed by atoms with Gasteiger partial charge in [0.1, 0.15) is 17.8 Å². The number of hydrazine groups is 1. The molecule has 0 bridgehead atoms. The number of hydrogen-bond acceptors (Lipinski definition) is 7. The van der Waals surface area contributed by atoms with Crippen LogP contribution < -0.4 is 10.7 Å². The maximum Gasteiger partial charge on any atom is 0.426 e. The molecule has 8 nitrogen and oxygen atoms in total. The van der Waals surface area contributed by atoms with E-state index in [9.17, 15) is 36.2 Å². The molecule has 4 atom stereocenters. The minimum Gasteiger partial charge on any atom is -0.417 e. The van der Waals surface area contributed by atoms with E-state index < -0.39 is 59.3 Å². The molecule has 1 fully saturated rings. The molecule has 0 radical (unpaired) electrons. The fraction of sp³-hybridized carbons (Fsp3) is 0.421. The predicted molar refractivity (Wildman–Crippen MR) is 98.4 cm³/mol. The molecular formula is C19H17F6N5O3. The number of carbonyl (C=O) groups is 1. The highest BCUT2D eigenvalue weighted by molar-refractivity contribution is 6.19. The summed E-state index contributed by atoms with van der Waals surface area (Å²) in [7, 11) is 0. The number of amides is 1. The highest BCUT2D eigenvalue weighted by Gasteiger charge is 2.59. The molecule has 33 heavy (non-hydrogen) atoms. The topological polar surface area (TPSA) is 104 Å². The Morgan fingerprint density at radius 1 is 1.09 bits per heavy atom. The SMILES string of the molecule is CC1=C(c2nnc(C(C)(O)C(F)(F)F)o2)C(=O)N2NC(C(F)(F)F)C(c3ccccc3)C2N1. The van der Waals surface area contributed by atoms with Crippen LogP contribution in [0.2, 0.25) is 0 Å². The molecule has 1 amide bonds. The van der Waals surface area contributed by atoms with Crippen molar-refractivity contribution in [2.24, 2.45) is 0 Å². The lowest BCUT2D eigenvalue weighted by Crippen LogP contribution is -2.54. The molecule has 2 aliphatic heterocycles. The second-order valence-electron chi connectivity index (χ2n) is 7.83. The lowest BCUT2D eigenvalue weighted by Gasteiger charge is -2.34. The third-order valence-corrected chi connectivity index (χ3v) is 5.57. The number of allylic oxidation sites excluding steroid dienone is 1. The maximum absolute atomic E-state index is 13.8. The largest absolute Gasteiger partial charge is 0.426 e. The minimum atomic E-state index is -5.15. The summed E-state index contributed by atoms with van der Waals surface area (Å²) in [6.45, 7) is 1.74. The van der Waals surface area contributed by atoms with Crippen LogP contribution in [0.5, 0.6) is 0 Å². The normalized spacial score (nSPS) is 25.7. The monoisotopic (exact) mass is 477 g/mol.